The SMILES string of the molecule is CC.N#CC1CC(F)CN1C(=O)Cc1cccc2cc(F)ccc12.NC=O. The maximum absolute atomic E-state index is 13.4. The highest BCUT2D eigenvalue weighted by atomic mass is 19.1. The predicted molar refractivity (Wildman–Crippen MR) is 99.8 cm³/mol. The van der Waals surface area contributed by atoms with Crippen LogP contribution in [0.1, 0.15) is 25.8 Å². The molecule has 2 unspecified atom stereocenters. The Morgan fingerprint density at radius 2 is 2.04 bits per heavy atom. The number of likely N-dealkylation sites (tertiary alicyclic amines) is 1. The third kappa shape index (κ3) is 5.74. The molecular weight excluding hydrogens is 352 g/mol. The Kier molecular flexibility index (Phi) is 8.86. The van der Waals surface area contributed by atoms with Crippen molar-refractivity contribution >= 4 is 23.1 Å². The van der Waals surface area contributed by atoms with E-state index < -0.39 is 12.2 Å². The van der Waals surface area contributed by atoms with Gasteiger partial charge in [0.2, 0.25) is 12.3 Å². The second-order valence-electron chi connectivity index (χ2n) is 5.62. The van der Waals surface area contributed by atoms with E-state index in [1.165, 1.54) is 17.0 Å². The van der Waals surface area contributed by atoms with Crippen LogP contribution in [-0.4, -0.2) is 36.0 Å². The molecule has 0 bridgehead atoms. The Morgan fingerprint density at radius 3 is 2.67 bits per heavy atom. The highest BCUT2D eigenvalue weighted by molar-refractivity contribution is 5.90. The summed E-state index contributed by atoms with van der Waals surface area (Å²) in [7, 11) is 0. The predicted octanol–water partition coefficient (Wildman–Crippen LogP) is 3.11. The molecule has 2 N–H and O–H groups in total. The molecule has 5 nitrogen and oxygen atoms in total. The van der Waals surface area contributed by atoms with Gasteiger partial charge in [-0.25, -0.2) is 8.78 Å². The molecule has 2 amide bonds. The lowest BCUT2D eigenvalue weighted by molar-refractivity contribution is -0.130. The van der Waals surface area contributed by atoms with Crippen LogP contribution in [0.5, 0.6) is 0 Å². The fraction of sp³-hybridized carbons (Fsp3) is 0.350. The molecule has 1 saturated heterocycles. The molecule has 1 heterocycles. The summed E-state index contributed by atoms with van der Waals surface area (Å²) in [5.41, 5.74) is 4.92. The van der Waals surface area contributed by atoms with E-state index in [4.69, 9.17) is 10.1 Å². The Labute approximate surface area is 157 Å². The standard InChI is InChI=1S/C17H14F2N2O.C2H6.CH3NO/c18-13-4-5-16-11(6-13)2-1-3-12(16)7-17(22)21-10-14(19)8-15(21)9-20;1-2;2-1-3/h1-6,14-15H,7-8,10H2;1-2H3;1H,(H2,2,3). The van der Waals surface area contributed by atoms with Crippen LogP contribution in [-0.2, 0) is 16.0 Å². The van der Waals surface area contributed by atoms with E-state index in [2.05, 4.69) is 5.73 Å². The van der Waals surface area contributed by atoms with E-state index in [0.717, 1.165) is 10.9 Å². The molecule has 0 saturated carbocycles. The quantitative estimate of drug-likeness (QED) is 0.818. The van der Waals surface area contributed by atoms with Gasteiger partial charge in [0.15, 0.2) is 0 Å². The number of nitrogens with two attached hydrogens (primary N) is 1. The van der Waals surface area contributed by atoms with Crippen molar-refractivity contribution in [1.29, 1.82) is 5.26 Å². The average molecular weight is 375 g/mol. The zero-order valence-corrected chi connectivity index (χ0v) is 15.4. The summed E-state index contributed by atoms with van der Waals surface area (Å²) < 4.78 is 26.7. The number of benzene rings is 2. The minimum atomic E-state index is -1.14. The minimum Gasteiger partial charge on any atom is -0.372 e. The molecule has 2 aromatic rings. The summed E-state index contributed by atoms with van der Waals surface area (Å²) in [4.78, 5) is 22.3. The number of alkyl halides is 1. The molecule has 0 spiro atoms. The van der Waals surface area contributed by atoms with Gasteiger partial charge in [-0.05, 0) is 28.5 Å². The first kappa shape index (κ1) is 22.0. The Balaban J connectivity index is 0.000000665. The normalized spacial score (nSPS) is 17.8. The molecule has 2 aromatic carbocycles. The Bertz CT molecular complexity index is 820. The molecule has 0 aliphatic carbocycles. The maximum Gasteiger partial charge on any atom is 0.228 e. The van der Waals surface area contributed by atoms with E-state index in [1.54, 1.807) is 24.3 Å². The van der Waals surface area contributed by atoms with Crippen LogP contribution in [0.2, 0.25) is 0 Å². The first-order valence-electron chi connectivity index (χ1n) is 8.65. The monoisotopic (exact) mass is 375 g/mol. The number of fused-ring (bicyclic) bond motifs is 1. The lowest BCUT2D eigenvalue weighted by Gasteiger charge is -2.19. The van der Waals surface area contributed by atoms with Gasteiger partial charge >= 0.3 is 0 Å². The topological polar surface area (TPSA) is 87.2 Å². The average Bonchev–Trinajstić information content (AvgIpc) is 3.05. The summed E-state index contributed by atoms with van der Waals surface area (Å²) >= 11 is 0. The number of carbonyl (C=O) groups is 2. The highest BCUT2D eigenvalue weighted by Crippen LogP contribution is 2.24. The van der Waals surface area contributed by atoms with Gasteiger partial charge in [0.1, 0.15) is 18.0 Å². The van der Waals surface area contributed by atoms with Crippen LogP contribution < -0.4 is 5.73 Å². The van der Waals surface area contributed by atoms with E-state index in [0.29, 0.717) is 5.39 Å². The van der Waals surface area contributed by atoms with Gasteiger partial charge in [0.25, 0.3) is 0 Å². The maximum atomic E-state index is 13.4. The van der Waals surface area contributed by atoms with Crippen LogP contribution >= 0.6 is 0 Å². The van der Waals surface area contributed by atoms with Crippen molar-refractivity contribution in [2.75, 3.05) is 6.54 Å². The van der Waals surface area contributed by atoms with Crippen molar-refractivity contribution < 1.29 is 18.4 Å². The Morgan fingerprint density at radius 1 is 1.37 bits per heavy atom. The van der Waals surface area contributed by atoms with E-state index in [9.17, 15) is 13.6 Å². The van der Waals surface area contributed by atoms with Crippen molar-refractivity contribution in [3.63, 3.8) is 0 Å². The molecule has 0 aromatic heterocycles. The minimum absolute atomic E-state index is 0.0313. The van der Waals surface area contributed by atoms with Crippen molar-refractivity contribution in [2.45, 2.75) is 38.9 Å². The summed E-state index contributed by atoms with van der Waals surface area (Å²) in [6.07, 6.45) is -0.744. The van der Waals surface area contributed by atoms with Gasteiger partial charge in [-0.1, -0.05) is 38.1 Å². The molecule has 2 atom stereocenters. The number of halogens is 2. The van der Waals surface area contributed by atoms with Crippen LogP contribution in [0.15, 0.2) is 36.4 Å². The van der Waals surface area contributed by atoms with Crippen LogP contribution in [0.4, 0.5) is 8.78 Å². The molecular formula is C20H23F2N3O2. The molecule has 1 aliphatic heterocycles. The fourth-order valence-electron chi connectivity index (χ4n) is 2.92. The van der Waals surface area contributed by atoms with Crippen molar-refractivity contribution in [3.05, 3.63) is 47.8 Å². The van der Waals surface area contributed by atoms with Gasteiger partial charge < -0.3 is 10.6 Å². The molecule has 144 valence electrons. The fourth-order valence-corrected chi connectivity index (χ4v) is 2.92. The van der Waals surface area contributed by atoms with Crippen molar-refractivity contribution in [1.82, 2.24) is 4.90 Å². The largest absolute Gasteiger partial charge is 0.372 e. The van der Waals surface area contributed by atoms with E-state index in [1.807, 2.05) is 19.9 Å². The first-order chi connectivity index (χ1) is 13.0. The van der Waals surface area contributed by atoms with Crippen LogP contribution in [0.25, 0.3) is 10.8 Å². The zero-order chi connectivity index (χ0) is 20.4. The highest BCUT2D eigenvalue weighted by Gasteiger charge is 2.35. The summed E-state index contributed by atoms with van der Waals surface area (Å²) in [5, 5.41) is 10.5. The number of nitriles is 1. The van der Waals surface area contributed by atoms with Gasteiger partial charge in [0, 0.05) is 6.42 Å². The second-order valence-corrected chi connectivity index (χ2v) is 5.62. The molecule has 7 heteroatoms. The van der Waals surface area contributed by atoms with Gasteiger partial charge in [-0.3, -0.25) is 9.59 Å². The molecule has 3 rings (SSSR count). The number of rotatable bonds is 2. The lowest BCUT2D eigenvalue weighted by atomic mass is 10.0. The summed E-state index contributed by atoms with van der Waals surface area (Å²) in [6.45, 7) is 3.97. The van der Waals surface area contributed by atoms with E-state index >= 15 is 0 Å². The first-order valence-corrected chi connectivity index (χ1v) is 8.65. The number of carbonyl (C=O) groups excluding carboxylic acids is 2. The number of hydrogen-bond donors (Lipinski definition) is 1. The van der Waals surface area contributed by atoms with E-state index in [-0.39, 0.29) is 37.5 Å². The third-order valence-corrected chi connectivity index (χ3v) is 3.99. The van der Waals surface area contributed by atoms with Crippen molar-refractivity contribution in [3.8, 4) is 6.07 Å². The third-order valence-electron chi connectivity index (χ3n) is 3.99. The van der Waals surface area contributed by atoms with Gasteiger partial charge in [0.05, 0.1) is 19.0 Å². The van der Waals surface area contributed by atoms with Crippen LogP contribution in [0.3, 0.4) is 0 Å². The number of nitrogens with zero attached hydrogens (tertiary/aromatic N) is 2. The summed E-state index contributed by atoms with van der Waals surface area (Å²) in [6, 6.07) is 11.0. The lowest BCUT2D eigenvalue weighted by Crippen LogP contribution is -2.36. The smallest absolute Gasteiger partial charge is 0.228 e. The summed E-state index contributed by atoms with van der Waals surface area (Å²) in [5.74, 6) is -0.608. The molecule has 0 radical (unpaired) electrons. The van der Waals surface area contributed by atoms with Gasteiger partial charge in [-0.15, -0.1) is 0 Å². The van der Waals surface area contributed by atoms with Crippen molar-refractivity contribution in [2.24, 2.45) is 5.73 Å². The van der Waals surface area contributed by atoms with Gasteiger partial charge in [-0.2, -0.15) is 5.26 Å². The second kappa shape index (κ2) is 10.9. The molecule has 1 fully saturated rings. The zero-order valence-electron chi connectivity index (χ0n) is 15.4. The molecule has 27 heavy (non-hydrogen) atoms. The number of primary amides is 1. The van der Waals surface area contributed by atoms with Crippen LogP contribution in [0, 0.1) is 17.1 Å². The number of amides is 2. The molecule has 1 aliphatic rings. The number of hydrogen-bond acceptors (Lipinski definition) is 3. The Hall–Kier alpha value is -3.01.